The summed E-state index contributed by atoms with van der Waals surface area (Å²) >= 11 is 6.02. The van der Waals surface area contributed by atoms with Crippen molar-refractivity contribution in [2.24, 2.45) is 0 Å². The molecule has 0 spiro atoms. The number of fused-ring (bicyclic) bond motifs is 1. The summed E-state index contributed by atoms with van der Waals surface area (Å²) in [5.41, 5.74) is 6.84. The van der Waals surface area contributed by atoms with Crippen molar-refractivity contribution < 1.29 is 4.79 Å². The van der Waals surface area contributed by atoms with Crippen LogP contribution in [0.4, 0.5) is 5.69 Å². The first-order valence-electron chi connectivity index (χ1n) is 7.16. The lowest BCUT2D eigenvalue weighted by atomic mass is 10.1. The summed E-state index contributed by atoms with van der Waals surface area (Å²) in [4.78, 5) is 17.2. The van der Waals surface area contributed by atoms with Gasteiger partial charge in [-0.2, -0.15) is 0 Å². The van der Waals surface area contributed by atoms with Crippen LogP contribution >= 0.6 is 11.6 Å². The van der Waals surface area contributed by atoms with E-state index in [0.29, 0.717) is 22.3 Å². The molecular weight excluding hydrogens is 274 g/mol. The number of anilines is 1. The van der Waals surface area contributed by atoms with E-state index in [1.54, 1.807) is 18.2 Å². The number of amides is 1. The Balaban J connectivity index is 1.80. The number of hydrogen-bond donors (Lipinski definition) is 1. The maximum atomic E-state index is 12.7. The molecule has 2 atom stereocenters. The van der Waals surface area contributed by atoms with Gasteiger partial charge in [0.15, 0.2) is 0 Å². The van der Waals surface area contributed by atoms with E-state index in [1.165, 1.54) is 19.4 Å². The number of carbonyl (C=O) groups excluding carboxylic acids is 1. The largest absolute Gasteiger partial charge is 0.398 e. The number of benzene rings is 1. The van der Waals surface area contributed by atoms with Crippen molar-refractivity contribution in [3.05, 3.63) is 28.8 Å². The van der Waals surface area contributed by atoms with Gasteiger partial charge in [-0.15, -0.1) is 0 Å². The molecule has 2 N–H and O–H groups in total. The molecule has 2 fully saturated rings. The Hall–Kier alpha value is -1.26. The molecule has 20 heavy (non-hydrogen) atoms. The van der Waals surface area contributed by atoms with Gasteiger partial charge >= 0.3 is 0 Å². The van der Waals surface area contributed by atoms with Crippen molar-refractivity contribution in [3.8, 4) is 0 Å². The molecule has 2 unspecified atom stereocenters. The summed E-state index contributed by atoms with van der Waals surface area (Å²) in [6.07, 6.45) is 2.44. The van der Waals surface area contributed by atoms with Crippen LogP contribution in [-0.4, -0.2) is 47.4 Å². The van der Waals surface area contributed by atoms with Gasteiger partial charge < -0.3 is 10.6 Å². The Morgan fingerprint density at radius 2 is 2.20 bits per heavy atom. The number of hydrogen-bond acceptors (Lipinski definition) is 3. The minimum atomic E-state index is 0.0611. The SMILES string of the molecule is CC1CN2CCCC2CN1C(=O)c1ccc(N)c(Cl)c1. The van der Waals surface area contributed by atoms with Gasteiger partial charge in [0.25, 0.3) is 5.91 Å². The summed E-state index contributed by atoms with van der Waals surface area (Å²) in [5, 5.41) is 0.447. The Bertz CT molecular complexity index is 534. The van der Waals surface area contributed by atoms with Crippen LogP contribution in [0, 0.1) is 0 Å². The highest BCUT2D eigenvalue weighted by atomic mass is 35.5. The standard InChI is InChI=1S/C15H20ClN3O/c1-10-8-18-6-2-3-12(18)9-19(10)15(20)11-4-5-14(17)13(16)7-11/h4-5,7,10,12H,2-3,6,8-9,17H2,1H3. The van der Waals surface area contributed by atoms with Crippen molar-refractivity contribution in [1.29, 1.82) is 0 Å². The molecule has 0 radical (unpaired) electrons. The number of rotatable bonds is 1. The molecule has 5 heteroatoms. The molecule has 3 rings (SSSR count). The normalized spacial score (nSPS) is 26.6. The van der Waals surface area contributed by atoms with Crippen molar-refractivity contribution in [1.82, 2.24) is 9.80 Å². The second-order valence-electron chi connectivity index (χ2n) is 5.83. The third-order valence-electron chi connectivity index (χ3n) is 4.45. The molecule has 0 aliphatic carbocycles. The highest BCUT2D eigenvalue weighted by Gasteiger charge is 2.36. The van der Waals surface area contributed by atoms with Crippen molar-refractivity contribution >= 4 is 23.2 Å². The van der Waals surface area contributed by atoms with Crippen LogP contribution in [0.15, 0.2) is 18.2 Å². The van der Waals surface area contributed by atoms with Crippen LogP contribution in [0.5, 0.6) is 0 Å². The van der Waals surface area contributed by atoms with Gasteiger partial charge in [0, 0.05) is 30.7 Å². The first-order valence-corrected chi connectivity index (χ1v) is 7.54. The van der Waals surface area contributed by atoms with Gasteiger partial charge in [-0.25, -0.2) is 0 Å². The average molecular weight is 294 g/mol. The van der Waals surface area contributed by atoms with Crippen molar-refractivity contribution in [2.75, 3.05) is 25.4 Å². The van der Waals surface area contributed by atoms with Gasteiger partial charge in [0.2, 0.25) is 0 Å². The van der Waals surface area contributed by atoms with Crippen LogP contribution in [0.1, 0.15) is 30.1 Å². The molecule has 2 saturated heterocycles. The molecule has 0 aromatic heterocycles. The molecule has 0 saturated carbocycles. The number of piperazine rings is 1. The molecule has 2 heterocycles. The molecule has 1 amide bonds. The number of nitrogen functional groups attached to an aromatic ring is 1. The quantitative estimate of drug-likeness (QED) is 0.808. The van der Waals surface area contributed by atoms with E-state index >= 15 is 0 Å². The smallest absolute Gasteiger partial charge is 0.254 e. The van der Waals surface area contributed by atoms with Gasteiger partial charge in [-0.3, -0.25) is 9.69 Å². The van der Waals surface area contributed by atoms with E-state index in [9.17, 15) is 4.79 Å². The summed E-state index contributed by atoms with van der Waals surface area (Å²) < 4.78 is 0. The third kappa shape index (κ3) is 2.38. The number of nitrogens with zero attached hydrogens (tertiary/aromatic N) is 2. The average Bonchev–Trinajstić information content (AvgIpc) is 2.87. The van der Waals surface area contributed by atoms with Crippen LogP contribution in [-0.2, 0) is 0 Å². The van der Waals surface area contributed by atoms with E-state index in [4.69, 9.17) is 17.3 Å². The van der Waals surface area contributed by atoms with Gasteiger partial charge in [0.05, 0.1) is 10.7 Å². The summed E-state index contributed by atoms with van der Waals surface area (Å²) in [6.45, 7) is 5.08. The topological polar surface area (TPSA) is 49.6 Å². The molecular formula is C15H20ClN3O. The van der Waals surface area contributed by atoms with Crippen LogP contribution in [0.2, 0.25) is 5.02 Å². The van der Waals surface area contributed by atoms with E-state index in [-0.39, 0.29) is 11.9 Å². The zero-order valence-electron chi connectivity index (χ0n) is 11.7. The Labute approximate surface area is 124 Å². The van der Waals surface area contributed by atoms with Gasteiger partial charge in [-0.1, -0.05) is 11.6 Å². The molecule has 1 aromatic rings. The fourth-order valence-electron chi connectivity index (χ4n) is 3.30. The Morgan fingerprint density at radius 3 is 2.95 bits per heavy atom. The first kappa shape index (κ1) is 13.7. The Morgan fingerprint density at radius 1 is 1.40 bits per heavy atom. The molecule has 2 aliphatic heterocycles. The Kier molecular flexibility index (Phi) is 3.61. The fraction of sp³-hybridized carbons (Fsp3) is 0.533. The molecule has 0 bridgehead atoms. The van der Waals surface area contributed by atoms with Crippen LogP contribution in [0.3, 0.4) is 0 Å². The molecule has 2 aliphatic rings. The van der Waals surface area contributed by atoms with Crippen LogP contribution in [0.25, 0.3) is 0 Å². The third-order valence-corrected chi connectivity index (χ3v) is 4.77. The van der Waals surface area contributed by atoms with E-state index < -0.39 is 0 Å². The van der Waals surface area contributed by atoms with E-state index in [2.05, 4.69) is 11.8 Å². The second-order valence-corrected chi connectivity index (χ2v) is 6.24. The first-order chi connectivity index (χ1) is 9.56. The predicted octanol–water partition coefficient (Wildman–Crippen LogP) is 2.23. The number of halogens is 1. The maximum Gasteiger partial charge on any atom is 0.254 e. The van der Waals surface area contributed by atoms with Crippen molar-refractivity contribution in [2.45, 2.75) is 31.8 Å². The predicted molar refractivity (Wildman–Crippen MR) is 81.0 cm³/mol. The zero-order chi connectivity index (χ0) is 14.3. The lowest BCUT2D eigenvalue weighted by Gasteiger charge is -2.42. The fourth-order valence-corrected chi connectivity index (χ4v) is 3.48. The minimum Gasteiger partial charge on any atom is -0.398 e. The highest BCUT2D eigenvalue weighted by Crippen LogP contribution is 2.27. The lowest BCUT2D eigenvalue weighted by Crippen LogP contribution is -2.56. The molecule has 108 valence electrons. The highest BCUT2D eigenvalue weighted by molar-refractivity contribution is 6.33. The number of carbonyl (C=O) groups is 1. The minimum absolute atomic E-state index is 0.0611. The van der Waals surface area contributed by atoms with Gasteiger partial charge in [0.1, 0.15) is 0 Å². The summed E-state index contributed by atoms with van der Waals surface area (Å²) in [6, 6.07) is 5.91. The molecule has 4 nitrogen and oxygen atoms in total. The zero-order valence-corrected chi connectivity index (χ0v) is 12.4. The van der Waals surface area contributed by atoms with Gasteiger partial charge in [-0.05, 0) is 44.5 Å². The lowest BCUT2D eigenvalue weighted by molar-refractivity contribution is 0.0395. The summed E-state index contributed by atoms with van der Waals surface area (Å²) in [7, 11) is 0. The van der Waals surface area contributed by atoms with E-state index in [1.807, 2.05) is 4.90 Å². The number of nitrogens with two attached hydrogens (primary N) is 1. The van der Waals surface area contributed by atoms with E-state index in [0.717, 1.165) is 13.1 Å². The van der Waals surface area contributed by atoms with Crippen LogP contribution < -0.4 is 5.73 Å². The monoisotopic (exact) mass is 293 g/mol. The second kappa shape index (κ2) is 5.26. The summed E-state index contributed by atoms with van der Waals surface area (Å²) in [5.74, 6) is 0.0611. The molecule has 1 aromatic carbocycles. The maximum absolute atomic E-state index is 12.7. The van der Waals surface area contributed by atoms with Crippen molar-refractivity contribution in [3.63, 3.8) is 0 Å².